The first kappa shape index (κ1) is 88.5. The second-order valence-corrected chi connectivity index (χ2v) is 28.0. The Morgan fingerprint density at radius 2 is 0.604 bits per heavy atom. The molecule has 0 aromatic carbocycles. The van der Waals surface area contributed by atoms with Crippen molar-refractivity contribution in [3.8, 4) is 0 Å². The highest BCUT2D eigenvalue weighted by Crippen LogP contribution is 2.43. The number of phosphoric acid groups is 1. The molecule has 0 fully saturated rings. The predicted molar refractivity (Wildman–Crippen MR) is 395 cm³/mol. The van der Waals surface area contributed by atoms with Crippen LogP contribution < -0.4 is 5.73 Å². The first-order valence-corrected chi connectivity index (χ1v) is 40.9. The van der Waals surface area contributed by atoms with Gasteiger partial charge in [-0.15, -0.1) is 0 Å². The topological polar surface area (TPSA) is 134 Å². The van der Waals surface area contributed by atoms with Gasteiger partial charge in [-0.1, -0.05) is 395 Å². The van der Waals surface area contributed by atoms with Gasteiger partial charge < -0.3 is 20.1 Å². The normalized spacial score (nSPS) is 13.2. The quantitative estimate of drug-likeness (QED) is 0.0264. The van der Waals surface area contributed by atoms with Crippen molar-refractivity contribution in [3.05, 3.63) is 72.9 Å². The number of rotatable bonds is 75. The van der Waals surface area contributed by atoms with E-state index in [4.69, 9.17) is 24.3 Å². The lowest BCUT2D eigenvalue weighted by Crippen LogP contribution is -2.29. The van der Waals surface area contributed by atoms with Crippen LogP contribution in [-0.2, 0) is 32.7 Å². The van der Waals surface area contributed by atoms with Gasteiger partial charge in [-0.3, -0.25) is 18.6 Å². The third-order valence-corrected chi connectivity index (χ3v) is 18.6. The molecule has 2 unspecified atom stereocenters. The van der Waals surface area contributed by atoms with Gasteiger partial charge in [-0.25, -0.2) is 4.57 Å². The fourth-order valence-corrected chi connectivity index (χ4v) is 12.6. The van der Waals surface area contributed by atoms with Crippen LogP contribution in [0, 0.1) is 0 Å². The van der Waals surface area contributed by atoms with Gasteiger partial charge in [-0.2, -0.15) is 0 Å². The molecule has 0 aliphatic rings. The standard InChI is InChI=1S/C81H150NO8P/c1-3-5-7-9-11-13-15-17-19-21-23-25-27-29-31-33-35-37-39-41-43-45-47-49-51-53-55-57-59-61-63-65-67-69-71-73-80(83)87-77-79(78-89-91(85,86)88-76-75-82)90-81(84)74-72-70-68-66-64-62-60-58-56-54-52-50-48-46-44-42-40-38-36-34-32-30-28-26-24-22-20-18-16-14-12-10-8-6-4-2/h6,8,12,14,18,20,24,26,30,32,36,38,79H,3-5,7,9-11,13,15-17,19,21-23,25,27-29,31,33-35,37,39-78,82H2,1-2H3,(H,85,86)/b8-6-,14-12-,20-18-,26-24-,32-30-,38-36-. The largest absolute Gasteiger partial charge is 0.472 e. The van der Waals surface area contributed by atoms with Crippen LogP contribution in [0.2, 0.25) is 0 Å². The number of carbonyl (C=O) groups is 2. The lowest BCUT2D eigenvalue weighted by Gasteiger charge is -2.19. The van der Waals surface area contributed by atoms with Crippen molar-refractivity contribution >= 4 is 19.8 Å². The molecule has 532 valence electrons. The van der Waals surface area contributed by atoms with Crippen molar-refractivity contribution in [2.75, 3.05) is 26.4 Å². The van der Waals surface area contributed by atoms with Gasteiger partial charge in [0, 0.05) is 19.4 Å². The van der Waals surface area contributed by atoms with E-state index in [9.17, 15) is 19.0 Å². The van der Waals surface area contributed by atoms with E-state index in [1.54, 1.807) is 0 Å². The Balaban J connectivity index is 3.78. The summed E-state index contributed by atoms with van der Waals surface area (Å²) in [6, 6.07) is 0. The van der Waals surface area contributed by atoms with Crippen molar-refractivity contribution in [2.24, 2.45) is 5.73 Å². The summed E-state index contributed by atoms with van der Waals surface area (Å²) in [4.78, 5) is 35.5. The van der Waals surface area contributed by atoms with Gasteiger partial charge in [0.15, 0.2) is 6.10 Å². The van der Waals surface area contributed by atoms with E-state index >= 15 is 0 Å². The third-order valence-electron chi connectivity index (χ3n) is 17.6. The highest BCUT2D eigenvalue weighted by molar-refractivity contribution is 7.47. The molecule has 0 saturated heterocycles. The Hall–Kier alpha value is -2.55. The number of unbranched alkanes of at least 4 members (excludes halogenated alkanes) is 50. The summed E-state index contributed by atoms with van der Waals surface area (Å²) in [5.41, 5.74) is 5.41. The number of allylic oxidation sites excluding steroid dienone is 12. The van der Waals surface area contributed by atoms with Gasteiger partial charge in [0.1, 0.15) is 6.61 Å². The molecule has 0 bridgehead atoms. The molecule has 0 aromatic heterocycles. The zero-order valence-electron chi connectivity index (χ0n) is 60.1. The number of nitrogens with two attached hydrogens (primary N) is 1. The fraction of sp³-hybridized carbons (Fsp3) is 0.827. The molecule has 0 saturated carbocycles. The van der Waals surface area contributed by atoms with Crippen LogP contribution in [0.3, 0.4) is 0 Å². The maximum absolute atomic E-state index is 12.8. The number of phosphoric ester groups is 1. The Morgan fingerprint density at radius 1 is 0.341 bits per heavy atom. The summed E-state index contributed by atoms with van der Waals surface area (Å²) in [7, 11) is -4.40. The van der Waals surface area contributed by atoms with Gasteiger partial charge in [-0.05, 0) is 64.2 Å². The van der Waals surface area contributed by atoms with Gasteiger partial charge in [0.05, 0.1) is 13.2 Å². The van der Waals surface area contributed by atoms with E-state index in [0.717, 1.165) is 77.0 Å². The van der Waals surface area contributed by atoms with Crippen molar-refractivity contribution in [2.45, 2.75) is 405 Å². The molecule has 91 heavy (non-hydrogen) atoms. The molecule has 3 N–H and O–H groups in total. The highest BCUT2D eigenvalue weighted by atomic mass is 31.2. The smallest absolute Gasteiger partial charge is 0.462 e. The summed E-state index contributed by atoms with van der Waals surface area (Å²) < 4.78 is 33.3. The van der Waals surface area contributed by atoms with E-state index in [1.807, 2.05) is 0 Å². The molecule has 9 nitrogen and oxygen atoms in total. The Morgan fingerprint density at radius 3 is 0.901 bits per heavy atom. The van der Waals surface area contributed by atoms with E-state index in [0.29, 0.717) is 6.42 Å². The summed E-state index contributed by atoms with van der Waals surface area (Å²) in [6.07, 6.45) is 102. The first-order chi connectivity index (χ1) is 44.8. The average Bonchev–Trinajstić information content (AvgIpc) is 3.68. The van der Waals surface area contributed by atoms with Gasteiger partial charge in [0.2, 0.25) is 0 Å². The summed E-state index contributed by atoms with van der Waals surface area (Å²) in [6.45, 7) is 3.70. The van der Waals surface area contributed by atoms with Crippen LogP contribution in [-0.4, -0.2) is 49.3 Å². The molecule has 2 atom stereocenters. The molecule has 0 amide bonds. The second kappa shape index (κ2) is 76.5. The lowest BCUT2D eigenvalue weighted by molar-refractivity contribution is -0.161. The average molecular weight is 1300 g/mol. The second-order valence-electron chi connectivity index (χ2n) is 26.6. The number of carbonyl (C=O) groups excluding carboxylic acids is 2. The zero-order valence-corrected chi connectivity index (χ0v) is 61.0. The zero-order chi connectivity index (χ0) is 65.8. The first-order valence-electron chi connectivity index (χ1n) is 39.4. The minimum atomic E-state index is -4.40. The fourth-order valence-electron chi connectivity index (χ4n) is 11.8. The predicted octanol–water partition coefficient (Wildman–Crippen LogP) is 26.3. The monoisotopic (exact) mass is 1300 g/mol. The van der Waals surface area contributed by atoms with Gasteiger partial charge >= 0.3 is 19.8 Å². The number of hydrogen-bond acceptors (Lipinski definition) is 8. The van der Waals surface area contributed by atoms with E-state index in [2.05, 4.69) is 86.8 Å². The van der Waals surface area contributed by atoms with Crippen molar-refractivity contribution in [1.82, 2.24) is 0 Å². The van der Waals surface area contributed by atoms with E-state index in [-0.39, 0.29) is 38.6 Å². The maximum Gasteiger partial charge on any atom is 0.472 e. The molecule has 0 radical (unpaired) electrons. The van der Waals surface area contributed by atoms with Crippen LogP contribution in [0.15, 0.2) is 72.9 Å². The van der Waals surface area contributed by atoms with Crippen LogP contribution in [0.4, 0.5) is 0 Å². The molecule has 0 aliphatic carbocycles. The van der Waals surface area contributed by atoms with Crippen LogP contribution in [0.5, 0.6) is 0 Å². The minimum Gasteiger partial charge on any atom is -0.462 e. The summed E-state index contributed by atoms with van der Waals surface area (Å²) in [5.74, 6) is -0.808. The lowest BCUT2D eigenvalue weighted by atomic mass is 10.0. The molecular formula is C81H150NO8P. The van der Waals surface area contributed by atoms with Crippen molar-refractivity contribution < 1.29 is 37.6 Å². The Bertz CT molecular complexity index is 1720. The minimum absolute atomic E-state index is 0.0541. The molecule has 0 aliphatic heterocycles. The van der Waals surface area contributed by atoms with Crippen LogP contribution in [0.25, 0.3) is 0 Å². The SMILES string of the molecule is CC/C=C\C/C=C\C/C=C\C/C=C\C/C=C\C/C=C\CCCCCCCCCCCCCCCCCCC(=O)OC(COC(=O)CCCCCCCCCCCCCCCCCCCCCCCCCCCCCCCCCCCCC)COP(=O)(O)OCCN. The molecule has 0 spiro atoms. The molecule has 0 aromatic rings. The van der Waals surface area contributed by atoms with Crippen LogP contribution >= 0.6 is 7.82 Å². The molecule has 0 heterocycles. The summed E-state index contributed by atoms with van der Waals surface area (Å²) in [5, 5.41) is 0. The van der Waals surface area contributed by atoms with E-state index < -0.39 is 26.5 Å². The van der Waals surface area contributed by atoms with E-state index in [1.165, 1.54) is 289 Å². The summed E-state index contributed by atoms with van der Waals surface area (Å²) >= 11 is 0. The van der Waals surface area contributed by atoms with Crippen molar-refractivity contribution in [1.29, 1.82) is 0 Å². The maximum atomic E-state index is 12.8. The molecule has 0 rings (SSSR count). The Labute approximate surface area is 564 Å². The Kier molecular flexibility index (Phi) is 74.3. The van der Waals surface area contributed by atoms with Gasteiger partial charge in [0.25, 0.3) is 0 Å². The third kappa shape index (κ3) is 76.4. The van der Waals surface area contributed by atoms with Crippen molar-refractivity contribution in [3.63, 3.8) is 0 Å². The molecular weight excluding hydrogens is 1150 g/mol. The number of hydrogen-bond donors (Lipinski definition) is 2. The number of ether oxygens (including phenoxy) is 2. The number of esters is 2. The van der Waals surface area contributed by atoms with Crippen LogP contribution in [0.1, 0.15) is 399 Å². The molecule has 10 heteroatoms. The highest BCUT2D eigenvalue weighted by Gasteiger charge is 2.26.